The van der Waals surface area contributed by atoms with Gasteiger partial charge in [0.2, 0.25) is 5.91 Å². The summed E-state index contributed by atoms with van der Waals surface area (Å²) in [5.74, 6) is 0.648. The van der Waals surface area contributed by atoms with Crippen molar-refractivity contribution in [2.45, 2.75) is 49.0 Å². The zero-order valence-corrected chi connectivity index (χ0v) is 17.8. The van der Waals surface area contributed by atoms with Crippen molar-refractivity contribution in [2.75, 3.05) is 24.6 Å². The van der Waals surface area contributed by atoms with Crippen molar-refractivity contribution in [1.82, 2.24) is 4.90 Å². The SMILES string of the molecule is O=C(CCCCC1CCSS1)N1CCC(c2ccccc2F)S(=O)(=O)CC1. The lowest BCUT2D eigenvalue weighted by atomic mass is 10.1. The highest BCUT2D eigenvalue weighted by molar-refractivity contribution is 8.77. The van der Waals surface area contributed by atoms with Gasteiger partial charge in [0.05, 0.1) is 11.0 Å². The summed E-state index contributed by atoms with van der Waals surface area (Å²) in [7, 11) is 0.406. The van der Waals surface area contributed by atoms with Crippen LogP contribution in [0.3, 0.4) is 0 Å². The fourth-order valence-electron chi connectivity index (χ4n) is 3.65. The highest BCUT2D eigenvalue weighted by Gasteiger charge is 2.33. The minimum atomic E-state index is -3.48. The van der Waals surface area contributed by atoms with E-state index >= 15 is 0 Å². The monoisotopic (exact) mass is 431 g/mol. The molecular formula is C19H26FNO3S3. The molecule has 2 fully saturated rings. The third kappa shape index (κ3) is 5.64. The van der Waals surface area contributed by atoms with Gasteiger partial charge < -0.3 is 4.90 Å². The average molecular weight is 432 g/mol. The number of sulfone groups is 1. The van der Waals surface area contributed by atoms with Gasteiger partial charge in [-0.2, -0.15) is 0 Å². The lowest BCUT2D eigenvalue weighted by Crippen LogP contribution is -2.33. The van der Waals surface area contributed by atoms with Crippen molar-refractivity contribution < 1.29 is 17.6 Å². The molecule has 0 saturated carbocycles. The summed E-state index contributed by atoms with van der Waals surface area (Å²) in [6.45, 7) is 0.577. The first-order chi connectivity index (χ1) is 13.0. The standard InChI is InChI=1S/C19H26FNO3S3/c20-17-7-3-2-6-16(17)18-9-11-21(12-14-27(18,23)24)19(22)8-4-1-5-15-10-13-25-26-15/h2-3,6-7,15,18H,1,4-5,8-14H2. The quantitative estimate of drug-likeness (QED) is 0.498. The summed E-state index contributed by atoms with van der Waals surface area (Å²) in [6, 6.07) is 6.04. The van der Waals surface area contributed by atoms with Gasteiger partial charge in [0, 0.05) is 36.1 Å². The maximum atomic E-state index is 14.1. The van der Waals surface area contributed by atoms with E-state index in [1.54, 1.807) is 17.0 Å². The number of carbonyl (C=O) groups is 1. The molecule has 27 heavy (non-hydrogen) atoms. The second-order valence-electron chi connectivity index (χ2n) is 7.12. The van der Waals surface area contributed by atoms with Gasteiger partial charge in [-0.05, 0) is 31.7 Å². The van der Waals surface area contributed by atoms with Crippen LogP contribution in [0.15, 0.2) is 24.3 Å². The molecule has 1 aromatic carbocycles. The van der Waals surface area contributed by atoms with Crippen molar-refractivity contribution in [3.8, 4) is 0 Å². The van der Waals surface area contributed by atoms with E-state index in [4.69, 9.17) is 0 Å². The number of halogens is 1. The first-order valence-corrected chi connectivity index (χ1v) is 13.6. The first-order valence-electron chi connectivity index (χ1n) is 9.49. The van der Waals surface area contributed by atoms with Crippen molar-refractivity contribution in [1.29, 1.82) is 0 Å². The molecule has 2 saturated heterocycles. The molecule has 8 heteroatoms. The molecule has 2 heterocycles. The Balaban J connectivity index is 1.53. The molecule has 2 aliphatic heterocycles. The number of unbranched alkanes of at least 4 members (excludes halogenated alkanes) is 1. The van der Waals surface area contributed by atoms with E-state index in [0.717, 1.165) is 24.5 Å². The number of carbonyl (C=O) groups excluding carboxylic acids is 1. The Morgan fingerprint density at radius 3 is 2.74 bits per heavy atom. The summed E-state index contributed by atoms with van der Waals surface area (Å²) in [6.07, 6.45) is 5.01. The second-order valence-corrected chi connectivity index (χ2v) is 12.2. The molecule has 2 unspecified atom stereocenters. The van der Waals surface area contributed by atoms with Crippen molar-refractivity contribution in [3.05, 3.63) is 35.6 Å². The molecule has 1 aromatic rings. The van der Waals surface area contributed by atoms with Crippen LogP contribution in [-0.2, 0) is 14.6 Å². The number of amides is 1. The van der Waals surface area contributed by atoms with Crippen molar-refractivity contribution >= 4 is 37.3 Å². The molecule has 0 bridgehead atoms. The molecule has 2 aliphatic rings. The molecule has 0 aromatic heterocycles. The third-order valence-corrected chi connectivity index (χ3v) is 10.4. The number of nitrogens with zero attached hydrogens (tertiary/aromatic N) is 1. The topological polar surface area (TPSA) is 54.5 Å². The van der Waals surface area contributed by atoms with Gasteiger partial charge in [0.1, 0.15) is 5.82 Å². The fourth-order valence-corrected chi connectivity index (χ4v) is 8.48. The maximum absolute atomic E-state index is 14.1. The van der Waals surface area contributed by atoms with E-state index in [-0.39, 0.29) is 30.2 Å². The smallest absolute Gasteiger partial charge is 0.222 e. The Hall–Kier alpha value is -0.730. The van der Waals surface area contributed by atoms with Crippen LogP contribution in [0.25, 0.3) is 0 Å². The molecule has 4 nitrogen and oxygen atoms in total. The Kier molecular flexibility index (Phi) is 7.50. The molecular weight excluding hydrogens is 405 g/mol. The van der Waals surface area contributed by atoms with E-state index in [0.29, 0.717) is 13.0 Å². The highest BCUT2D eigenvalue weighted by atomic mass is 33.1. The lowest BCUT2D eigenvalue weighted by molar-refractivity contribution is -0.131. The van der Waals surface area contributed by atoms with Gasteiger partial charge in [-0.25, -0.2) is 12.8 Å². The molecule has 0 radical (unpaired) electrons. The number of benzene rings is 1. The Bertz CT molecular complexity index is 750. The predicted octanol–water partition coefficient (Wildman–Crippen LogP) is 4.23. The van der Waals surface area contributed by atoms with Crippen LogP contribution in [0.2, 0.25) is 0 Å². The Labute approximate surface area is 169 Å². The summed E-state index contributed by atoms with van der Waals surface area (Å²) in [4.78, 5) is 14.2. The Morgan fingerprint density at radius 2 is 2.00 bits per heavy atom. The average Bonchev–Trinajstić information content (AvgIpc) is 3.10. The van der Waals surface area contributed by atoms with Crippen molar-refractivity contribution in [3.63, 3.8) is 0 Å². The molecule has 0 spiro atoms. The van der Waals surface area contributed by atoms with Gasteiger partial charge in [-0.15, -0.1) is 0 Å². The van der Waals surface area contributed by atoms with E-state index in [2.05, 4.69) is 0 Å². The van der Waals surface area contributed by atoms with Gasteiger partial charge >= 0.3 is 0 Å². The number of rotatable bonds is 6. The maximum Gasteiger partial charge on any atom is 0.222 e. The van der Waals surface area contributed by atoms with Crippen LogP contribution in [0.1, 0.15) is 49.3 Å². The molecule has 2 atom stereocenters. The van der Waals surface area contributed by atoms with Crippen LogP contribution < -0.4 is 0 Å². The lowest BCUT2D eigenvalue weighted by Gasteiger charge is -2.20. The number of hydrogen-bond acceptors (Lipinski definition) is 5. The Morgan fingerprint density at radius 1 is 1.19 bits per heavy atom. The second kappa shape index (κ2) is 9.65. The summed E-state index contributed by atoms with van der Waals surface area (Å²) in [5.41, 5.74) is 0.221. The zero-order chi connectivity index (χ0) is 19.3. The first kappa shape index (κ1) is 21.0. The van der Waals surface area contributed by atoms with Gasteiger partial charge in [-0.3, -0.25) is 4.79 Å². The molecule has 1 amide bonds. The molecule has 3 rings (SSSR count). The van der Waals surface area contributed by atoms with Gasteiger partial charge in [0.25, 0.3) is 0 Å². The van der Waals surface area contributed by atoms with Crippen LogP contribution in [0.4, 0.5) is 4.39 Å². The largest absolute Gasteiger partial charge is 0.342 e. The van der Waals surface area contributed by atoms with E-state index in [9.17, 15) is 17.6 Å². The van der Waals surface area contributed by atoms with Crippen LogP contribution in [0.5, 0.6) is 0 Å². The predicted molar refractivity (Wildman–Crippen MR) is 111 cm³/mol. The van der Waals surface area contributed by atoms with Crippen LogP contribution in [0, 0.1) is 5.82 Å². The summed E-state index contributed by atoms with van der Waals surface area (Å²) < 4.78 is 39.3. The summed E-state index contributed by atoms with van der Waals surface area (Å²) >= 11 is 0. The van der Waals surface area contributed by atoms with Gasteiger partial charge in [-0.1, -0.05) is 46.2 Å². The molecule has 0 N–H and O–H groups in total. The third-order valence-electron chi connectivity index (χ3n) is 5.24. The molecule has 150 valence electrons. The van der Waals surface area contributed by atoms with E-state index < -0.39 is 20.9 Å². The van der Waals surface area contributed by atoms with E-state index in [1.165, 1.54) is 24.3 Å². The molecule has 0 aliphatic carbocycles. The highest BCUT2D eigenvalue weighted by Crippen LogP contribution is 2.40. The van der Waals surface area contributed by atoms with Crippen molar-refractivity contribution in [2.24, 2.45) is 0 Å². The summed E-state index contributed by atoms with van der Waals surface area (Å²) in [5, 5.41) is -0.150. The van der Waals surface area contributed by atoms with Gasteiger partial charge in [0.15, 0.2) is 9.84 Å². The normalized spacial score (nSPS) is 25.3. The van der Waals surface area contributed by atoms with Crippen LogP contribution in [-0.4, -0.2) is 49.1 Å². The minimum Gasteiger partial charge on any atom is -0.342 e. The minimum absolute atomic E-state index is 0.0211. The zero-order valence-electron chi connectivity index (χ0n) is 15.3. The fraction of sp³-hybridized carbons (Fsp3) is 0.632. The number of hydrogen-bond donors (Lipinski definition) is 0. The van der Waals surface area contributed by atoms with Crippen LogP contribution >= 0.6 is 21.6 Å². The van der Waals surface area contributed by atoms with E-state index in [1.807, 2.05) is 21.6 Å².